The molecular formula is C47H31N3. The van der Waals surface area contributed by atoms with E-state index < -0.39 is 0 Å². The number of rotatable bonds is 2. The van der Waals surface area contributed by atoms with Crippen LogP contribution in [-0.2, 0) is 5.41 Å². The summed E-state index contributed by atoms with van der Waals surface area (Å²) in [5, 5.41) is 10.7. The number of nitrogens with zero attached hydrogens (tertiary/aromatic N) is 3. The first-order chi connectivity index (χ1) is 24.6. The Morgan fingerprint density at radius 2 is 1.14 bits per heavy atom. The van der Waals surface area contributed by atoms with E-state index in [4.69, 9.17) is 9.97 Å². The van der Waals surface area contributed by atoms with Crippen LogP contribution in [0.15, 0.2) is 152 Å². The lowest BCUT2D eigenvalue weighted by molar-refractivity contribution is 0.661. The molecule has 0 saturated carbocycles. The van der Waals surface area contributed by atoms with Gasteiger partial charge in [-0.1, -0.05) is 147 Å². The van der Waals surface area contributed by atoms with Gasteiger partial charge in [-0.25, -0.2) is 9.97 Å². The molecule has 2 aromatic heterocycles. The van der Waals surface area contributed by atoms with Gasteiger partial charge in [-0.3, -0.25) is 4.57 Å². The fourth-order valence-electron chi connectivity index (χ4n) is 8.87. The molecule has 2 heterocycles. The van der Waals surface area contributed by atoms with Crippen molar-refractivity contribution in [2.75, 3.05) is 0 Å². The van der Waals surface area contributed by atoms with Gasteiger partial charge >= 0.3 is 0 Å². The van der Waals surface area contributed by atoms with Crippen LogP contribution in [0.25, 0.3) is 93.4 Å². The fourth-order valence-corrected chi connectivity index (χ4v) is 8.87. The van der Waals surface area contributed by atoms with E-state index >= 15 is 0 Å². The highest BCUT2D eigenvalue weighted by molar-refractivity contribution is 6.27. The third-order valence-electron chi connectivity index (χ3n) is 11.2. The van der Waals surface area contributed by atoms with Crippen LogP contribution in [0.2, 0.25) is 0 Å². The van der Waals surface area contributed by atoms with Crippen LogP contribution in [0.3, 0.4) is 0 Å². The van der Waals surface area contributed by atoms with Crippen molar-refractivity contribution in [3.05, 3.63) is 163 Å². The van der Waals surface area contributed by atoms with Crippen molar-refractivity contribution in [2.24, 2.45) is 0 Å². The molecule has 8 aromatic carbocycles. The van der Waals surface area contributed by atoms with Crippen LogP contribution < -0.4 is 0 Å². The number of fused-ring (bicyclic) bond motifs is 14. The zero-order chi connectivity index (χ0) is 33.1. The molecule has 0 radical (unpaired) electrons. The van der Waals surface area contributed by atoms with Crippen molar-refractivity contribution in [1.29, 1.82) is 0 Å². The largest absolute Gasteiger partial charge is 0.278 e. The Balaban J connectivity index is 1.29. The van der Waals surface area contributed by atoms with E-state index in [1.165, 1.54) is 54.6 Å². The van der Waals surface area contributed by atoms with Crippen LogP contribution in [0.4, 0.5) is 0 Å². The molecule has 1 aliphatic carbocycles. The molecule has 0 N–H and O–H groups in total. The molecule has 10 aromatic rings. The summed E-state index contributed by atoms with van der Waals surface area (Å²) >= 11 is 0. The van der Waals surface area contributed by atoms with Gasteiger partial charge < -0.3 is 0 Å². The fraction of sp³-hybridized carbons (Fsp3) is 0.0638. The zero-order valence-electron chi connectivity index (χ0n) is 27.8. The molecule has 0 unspecified atom stereocenters. The molecule has 0 amide bonds. The van der Waals surface area contributed by atoms with Crippen molar-refractivity contribution < 1.29 is 0 Å². The highest BCUT2D eigenvalue weighted by Crippen LogP contribution is 2.52. The Kier molecular flexibility index (Phi) is 5.45. The molecule has 3 nitrogen and oxygen atoms in total. The normalized spacial score (nSPS) is 13.6. The average Bonchev–Trinajstić information content (AvgIpc) is 3.62. The van der Waals surface area contributed by atoms with E-state index in [2.05, 4.69) is 170 Å². The van der Waals surface area contributed by atoms with Gasteiger partial charge in [0.2, 0.25) is 5.95 Å². The molecule has 0 atom stereocenters. The zero-order valence-corrected chi connectivity index (χ0v) is 27.8. The van der Waals surface area contributed by atoms with Gasteiger partial charge in [0.05, 0.1) is 22.2 Å². The van der Waals surface area contributed by atoms with Crippen molar-refractivity contribution in [3.63, 3.8) is 0 Å². The molecule has 1 aliphatic rings. The van der Waals surface area contributed by atoms with Crippen LogP contribution >= 0.6 is 0 Å². The van der Waals surface area contributed by atoms with E-state index in [1.54, 1.807) is 0 Å². The molecule has 50 heavy (non-hydrogen) atoms. The Hall–Kier alpha value is -6.32. The summed E-state index contributed by atoms with van der Waals surface area (Å²) < 4.78 is 2.28. The van der Waals surface area contributed by atoms with Crippen molar-refractivity contribution >= 4 is 65.0 Å². The van der Waals surface area contributed by atoms with Crippen molar-refractivity contribution in [3.8, 4) is 28.3 Å². The van der Waals surface area contributed by atoms with Gasteiger partial charge in [0.1, 0.15) is 0 Å². The van der Waals surface area contributed by atoms with Gasteiger partial charge in [0.25, 0.3) is 0 Å². The lowest BCUT2D eigenvalue weighted by atomic mass is 9.82. The summed E-state index contributed by atoms with van der Waals surface area (Å²) in [7, 11) is 0. The monoisotopic (exact) mass is 637 g/mol. The van der Waals surface area contributed by atoms with E-state index in [0.717, 1.165) is 44.0 Å². The van der Waals surface area contributed by atoms with E-state index in [9.17, 15) is 0 Å². The molecular weight excluding hydrogens is 607 g/mol. The summed E-state index contributed by atoms with van der Waals surface area (Å²) in [6.07, 6.45) is 0. The van der Waals surface area contributed by atoms with Gasteiger partial charge in [0, 0.05) is 32.5 Å². The van der Waals surface area contributed by atoms with Gasteiger partial charge in [-0.05, 0) is 67.4 Å². The maximum absolute atomic E-state index is 5.52. The maximum atomic E-state index is 5.52. The summed E-state index contributed by atoms with van der Waals surface area (Å²) in [6, 6.07) is 54.9. The number of hydrogen-bond donors (Lipinski definition) is 0. The Bertz CT molecular complexity index is 3060. The SMILES string of the molecule is CC1(C)c2ccccc2-c2c1ccc1cc3c(cc21)c1ccccc1n3-c1nc(-c2ccccc2)c2c3ccccc3c3ccccc3c2n1. The minimum absolute atomic E-state index is 0.0528. The van der Waals surface area contributed by atoms with E-state index in [0.29, 0.717) is 5.95 Å². The van der Waals surface area contributed by atoms with Gasteiger partial charge in [0.15, 0.2) is 0 Å². The van der Waals surface area contributed by atoms with E-state index in [-0.39, 0.29) is 5.41 Å². The minimum Gasteiger partial charge on any atom is -0.278 e. The highest BCUT2D eigenvalue weighted by atomic mass is 15.2. The molecule has 11 rings (SSSR count). The third-order valence-corrected chi connectivity index (χ3v) is 11.2. The predicted octanol–water partition coefficient (Wildman–Crippen LogP) is 12.2. The molecule has 234 valence electrons. The highest BCUT2D eigenvalue weighted by Gasteiger charge is 2.36. The van der Waals surface area contributed by atoms with Crippen LogP contribution in [0.1, 0.15) is 25.0 Å². The van der Waals surface area contributed by atoms with Crippen molar-refractivity contribution in [1.82, 2.24) is 14.5 Å². The van der Waals surface area contributed by atoms with E-state index in [1.807, 2.05) is 0 Å². The number of hydrogen-bond acceptors (Lipinski definition) is 2. The minimum atomic E-state index is -0.0528. The summed E-state index contributed by atoms with van der Waals surface area (Å²) in [5.41, 5.74) is 10.6. The molecule has 0 fully saturated rings. The Morgan fingerprint density at radius 3 is 1.96 bits per heavy atom. The number of para-hydroxylation sites is 1. The Labute approximate surface area is 289 Å². The van der Waals surface area contributed by atoms with Gasteiger partial charge in [-0.2, -0.15) is 0 Å². The van der Waals surface area contributed by atoms with Crippen LogP contribution in [-0.4, -0.2) is 14.5 Å². The molecule has 3 heteroatoms. The molecule has 0 spiro atoms. The lowest BCUT2D eigenvalue weighted by Gasteiger charge is -2.21. The molecule has 0 saturated heterocycles. The van der Waals surface area contributed by atoms with Gasteiger partial charge in [-0.15, -0.1) is 0 Å². The summed E-state index contributed by atoms with van der Waals surface area (Å²) in [5.74, 6) is 0.676. The predicted molar refractivity (Wildman–Crippen MR) is 209 cm³/mol. The smallest absolute Gasteiger partial charge is 0.235 e. The lowest BCUT2D eigenvalue weighted by Crippen LogP contribution is -2.14. The second kappa shape index (κ2) is 9.87. The summed E-state index contributed by atoms with van der Waals surface area (Å²) in [6.45, 7) is 4.70. The number of aromatic nitrogens is 3. The summed E-state index contributed by atoms with van der Waals surface area (Å²) in [4.78, 5) is 11.0. The van der Waals surface area contributed by atoms with Crippen molar-refractivity contribution in [2.45, 2.75) is 19.3 Å². The quantitative estimate of drug-likeness (QED) is 0.177. The first kappa shape index (κ1) is 27.6. The maximum Gasteiger partial charge on any atom is 0.235 e. The first-order valence-corrected chi connectivity index (χ1v) is 17.4. The van der Waals surface area contributed by atoms with Crippen LogP contribution in [0, 0.1) is 0 Å². The molecule has 0 bridgehead atoms. The third kappa shape index (κ3) is 3.59. The first-order valence-electron chi connectivity index (χ1n) is 17.4. The number of benzene rings is 8. The van der Waals surface area contributed by atoms with Crippen LogP contribution in [0.5, 0.6) is 0 Å². The topological polar surface area (TPSA) is 30.7 Å². The second-order valence-corrected chi connectivity index (χ2v) is 14.2. The standard InChI is InChI=1S/C47H31N3/c1-47(2)38-22-12-10-21-35(38)42-36-27-37-32-18-11-13-23-40(32)50(41(37)26-29(36)24-25-39(42)47)46-48-44(28-14-4-3-5-15-28)43-33-19-8-6-16-30(33)31-17-7-9-20-34(31)45(43)49-46/h3-27H,1-2H3. The second-order valence-electron chi connectivity index (χ2n) is 14.2. The Morgan fingerprint density at radius 1 is 0.480 bits per heavy atom. The average molecular weight is 638 g/mol. The molecule has 0 aliphatic heterocycles.